The van der Waals surface area contributed by atoms with Crippen molar-refractivity contribution in [2.75, 3.05) is 6.61 Å². The first-order chi connectivity index (χ1) is 11.9. The van der Waals surface area contributed by atoms with Crippen LogP contribution in [0.3, 0.4) is 0 Å². The maximum atomic E-state index is 11.8. The molecule has 0 unspecified atom stereocenters. The molecule has 0 fully saturated rings. The summed E-state index contributed by atoms with van der Waals surface area (Å²) in [6.45, 7) is 3.12. The Labute approximate surface area is 153 Å². The number of amides is 1. The molecule has 7 nitrogen and oxygen atoms in total. The molecule has 25 heavy (non-hydrogen) atoms. The van der Waals surface area contributed by atoms with Gasteiger partial charge in [0.15, 0.2) is 12.4 Å². The van der Waals surface area contributed by atoms with E-state index in [0.29, 0.717) is 5.71 Å². The Morgan fingerprint density at radius 2 is 2.08 bits per heavy atom. The largest absolute Gasteiger partial charge is 0.477 e. The lowest BCUT2D eigenvalue weighted by atomic mass is 10.1. The number of rotatable bonds is 6. The molecule has 0 atom stereocenters. The van der Waals surface area contributed by atoms with Crippen LogP contribution in [-0.4, -0.2) is 23.1 Å². The van der Waals surface area contributed by atoms with Crippen LogP contribution >= 0.6 is 15.9 Å². The van der Waals surface area contributed by atoms with Gasteiger partial charge in [-0.05, 0) is 43.2 Å². The van der Waals surface area contributed by atoms with Crippen molar-refractivity contribution < 1.29 is 14.5 Å². The van der Waals surface area contributed by atoms with E-state index in [-0.39, 0.29) is 18.0 Å². The van der Waals surface area contributed by atoms with Crippen LogP contribution in [0.5, 0.6) is 5.75 Å². The van der Waals surface area contributed by atoms with Crippen LogP contribution < -0.4 is 10.2 Å². The molecule has 1 N–H and O–H groups in total. The summed E-state index contributed by atoms with van der Waals surface area (Å²) < 4.78 is 6.15. The van der Waals surface area contributed by atoms with Gasteiger partial charge in [0.1, 0.15) is 0 Å². The minimum atomic E-state index is -0.546. The topological polar surface area (TPSA) is 93.8 Å². The van der Waals surface area contributed by atoms with Gasteiger partial charge in [0, 0.05) is 10.5 Å². The van der Waals surface area contributed by atoms with Crippen LogP contribution in [-0.2, 0) is 4.79 Å². The van der Waals surface area contributed by atoms with Crippen molar-refractivity contribution in [1.82, 2.24) is 5.43 Å². The third-order valence-electron chi connectivity index (χ3n) is 3.26. The highest BCUT2D eigenvalue weighted by molar-refractivity contribution is 9.10. The summed E-state index contributed by atoms with van der Waals surface area (Å²) in [6, 6.07) is 12.0. The maximum absolute atomic E-state index is 11.8. The number of ether oxygens (including phenoxy) is 1. The molecule has 0 aliphatic carbocycles. The summed E-state index contributed by atoms with van der Waals surface area (Å²) in [5.74, 6) is -0.470. The van der Waals surface area contributed by atoms with E-state index in [9.17, 15) is 14.9 Å². The molecule has 0 aromatic heterocycles. The minimum absolute atomic E-state index is 0.0402. The fourth-order valence-electron chi connectivity index (χ4n) is 1.99. The molecule has 2 aromatic carbocycles. The highest BCUT2D eigenvalue weighted by Crippen LogP contribution is 2.27. The quantitative estimate of drug-likeness (QED) is 0.451. The predicted octanol–water partition coefficient (Wildman–Crippen LogP) is 3.58. The highest BCUT2D eigenvalue weighted by atomic mass is 79.9. The van der Waals surface area contributed by atoms with Crippen molar-refractivity contribution in [3.05, 3.63) is 68.2 Å². The summed E-state index contributed by atoms with van der Waals surface area (Å²) in [6.07, 6.45) is 0. The zero-order valence-corrected chi connectivity index (χ0v) is 15.2. The monoisotopic (exact) mass is 405 g/mol. The number of nitrogens with zero attached hydrogens (tertiary/aromatic N) is 2. The van der Waals surface area contributed by atoms with Gasteiger partial charge in [-0.3, -0.25) is 14.9 Å². The van der Waals surface area contributed by atoms with Gasteiger partial charge in [-0.15, -0.1) is 0 Å². The summed E-state index contributed by atoms with van der Waals surface area (Å²) in [5.41, 5.74) is 4.40. The Morgan fingerprint density at radius 3 is 2.76 bits per heavy atom. The fourth-order valence-corrected chi connectivity index (χ4v) is 2.39. The lowest BCUT2D eigenvalue weighted by Crippen LogP contribution is -2.25. The average molecular weight is 406 g/mol. The molecule has 0 aliphatic heterocycles. The van der Waals surface area contributed by atoms with Crippen molar-refractivity contribution in [3.8, 4) is 5.75 Å². The molecule has 0 bridgehead atoms. The first-order valence-electron chi connectivity index (χ1n) is 7.33. The molecule has 0 radical (unpaired) electrons. The van der Waals surface area contributed by atoms with Crippen LogP contribution in [0.15, 0.2) is 52.0 Å². The van der Waals surface area contributed by atoms with E-state index in [1.165, 1.54) is 12.1 Å². The van der Waals surface area contributed by atoms with Crippen molar-refractivity contribution in [2.45, 2.75) is 13.8 Å². The van der Waals surface area contributed by atoms with Crippen molar-refractivity contribution in [3.63, 3.8) is 0 Å². The number of halogens is 1. The number of benzene rings is 2. The molecule has 1 amide bonds. The zero-order valence-electron chi connectivity index (χ0n) is 13.7. The normalized spacial score (nSPS) is 11.1. The highest BCUT2D eigenvalue weighted by Gasteiger charge is 2.16. The van der Waals surface area contributed by atoms with Crippen LogP contribution in [0.25, 0.3) is 0 Å². The van der Waals surface area contributed by atoms with E-state index in [1.54, 1.807) is 19.9 Å². The molecule has 130 valence electrons. The summed E-state index contributed by atoms with van der Waals surface area (Å²) in [7, 11) is 0. The molecule has 0 aliphatic rings. The lowest BCUT2D eigenvalue weighted by Gasteiger charge is -2.07. The number of nitro benzene ring substituents is 1. The van der Waals surface area contributed by atoms with E-state index in [1.807, 2.05) is 24.3 Å². The summed E-state index contributed by atoms with van der Waals surface area (Å²) >= 11 is 3.37. The standard InChI is InChI=1S/C17H16BrN3O4/c1-11-6-7-16(15(8-11)21(23)24)25-10-17(22)20-19-12(2)13-4-3-5-14(18)9-13/h3-9H,10H2,1-2H3,(H,20,22)/b19-12-. The molecule has 0 spiro atoms. The van der Waals surface area contributed by atoms with Gasteiger partial charge in [0.05, 0.1) is 10.6 Å². The number of nitro groups is 1. The molecule has 2 rings (SSSR count). The number of hydrogen-bond acceptors (Lipinski definition) is 5. The minimum Gasteiger partial charge on any atom is -0.477 e. The van der Waals surface area contributed by atoms with Crippen molar-refractivity contribution >= 4 is 33.2 Å². The van der Waals surface area contributed by atoms with E-state index in [2.05, 4.69) is 26.5 Å². The number of hydrogen-bond donors (Lipinski definition) is 1. The maximum Gasteiger partial charge on any atom is 0.311 e. The average Bonchev–Trinajstić information content (AvgIpc) is 2.58. The van der Waals surface area contributed by atoms with Crippen LogP contribution in [0.2, 0.25) is 0 Å². The Bertz CT molecular complexity index is 836. The molecule has 8 heteroatoms. The third kappa shape index (κ3) is 5.39. The van der Waals surface area contributed by atoms with E-state index < -0.39 is 10.8 Å². The van der Waals surface area contributed by atoms with E-state index in [4.69, 9.17) is 4.74 Å². The molecule has 0 saturated heterocycles. The van der Waals surface area contributed by atoms with E-state index in [0.717, 1.165) is 15.6 Å². The van der Waals surface area contributed by atoms with Crippen molar-refractivity contribution in [2.24, 2.45) is 5.10 Å². The molecular formula is C17H16BrN3O4. The number of aryl methyl sites for hydroxylation is 1. The molecule has 0 saturated carbocycles. The van der Waals surface area contributed by atoms with Gasteiger partial charge in [0.2, 0.25) is 0 Å². The zero-order chi connectivity index (χ0) is 18.4. The first-order valence-corrected chi connectivity index (χ1v) is 8.13. The second kappa shape index (κ2) is 8.39. The first kappa shape index (κ1) is 18.6. The van der Waals surface area contributed by atoms with Gasteiger partial charge >= 0.3 is 5.69 Å². The molecular weight excluding hydrogens is 390 g/mol. The molecule has 0 heterocycles. The van der Waals surface area contributed by atoms with E-state index >= 15 is 0 Å². The van der Waals surface area contributed by atoms with Crippen LogP contribution in [0.4, 0.5) is 5.69 Å². The Morgan fingerprint density at radius 1 is 1.32 bits per heavy atom. The predicted molar refractivity (Wildman–Crippen MR) is 97.8 cm³/mol. The fraction of sp³-hybridized carbons (Fsp3) is 0.176. The van der Waals surface area contributed by atoms with Crippen LogP contribution in [0, 0.1) is 17.0 Å². The second-order valence-electron chi connectivity index (χ2n) is 5.26. The van der Waals surface area contributed by atoms with Crippen LogP contribution in [0.1, 0.15) is 18.1 Å². The molecule has 2 aromatic rings. The Kier molecular flexibility index (Phi) is 6.24. The number of hydrazone groups is 1. The summed E-state index contributed by atoms with van der Waals surface area (Å²) in [5, 5.41) is 15.0. The van der Waals surface area contributed by atoms with Gasteiger partial charge in [-0.1, -0.05) is 34.1 Å². The Hall–Kier alpha value is -2.74. The third-order valence-corrected chi connectivity index (χ3v) is 3.75. The van der Waals surface area contributed by atoms with Gasteiger partial charge in [-0.25, -0.2) is 5.43 Å². The number of nitrogens with one attached hydrogen (secondary N) is 1. The lowest BCUT2D eigenvalue weighted by molar-refractivity contribution is -0.385. The number of carbonyl (C=O) groups is 1. The second-order valence-corrected chi connectivity index (χ2v) is 6.18. The van der Waals surface area contributed by atoms with Crippen molar-refractivity contribution in [1.29, 1.82) is 0 Å². The summed E-state index contributed by atoms with van der Waals surface area (Å²) in [4.78, 5) is 22.3. The van der Waals surface area contributed by atoms with Gasteiger partial charge in [0.25, 0.3) is 5.91 Å². The van der Waals surface area contributed by atoms with Gasteiger partial charge < -0.3 is 4.74 Å². The SMILES string of the molecule is C/C(=N/NC(=O)COc1ccc(C)cc1[N+](=O)[O-])c1cccc(Br)c1. The smallest absolute Gasteiger partial charge is 0.311 e. The van der Waals surface area contributed by atoms with Gasteiger partial charge in [-0.2, -0.15) is 5.10 Å². The Balaban J connectivity index is 1.97. The number of carbonyl (C=O) groups excluding carboxylic acids is 1.